The molecular weight excluding hydrogens is 212 g/mol. The minimum absolute atomic E-state index is 0.272. The second kappa shape index (κ2) is 6.15. The van der Waals surface area contributed by atoms with Crippen LogP contribution in [0.1, 0.15) is 23.6 Å². The second-order valence-electron chi connectivity index (χ2n) is 4.71. The normalized spacial score (nSPS) is 16.6. The van der Waals surface area contributed by atoms with Gasteiger partial charge in [-0.1, -0.05) is 18.2 Å². The van der Waals surface area contributed by atoms with Crippen LogP contribution in [-0.4, -0.2) is 26.3 Å². The van der Waals surface area contributed by atoms with E-state index in [1.807, 2.05) is 0 Å². The van der Waals surface area contributed by atoms with Crippen molar-refractivity contribution in [3.8, 4) is 0 Å². The lowest BCUT2D eigenvalue weighted by molar-refractivity contribution is 0.117. The summed E-state index contributed by atoms with van der Waals surface area (Å²) in [5.74, 6) is 0. The molecule has 1 aliphatic heterocycles. The van der Waals surface area contributed by atoms with Crippen LogP contribution < -0.4 is 10.6 Å². The van der Waals surface area contributed by atoms with Crippen LogP contribution in [0.5, 0.6) is 0 Å². The molecule has 0 bridgehead atoms. The molecular formula is C14H22N2O. The molecule has 2 N–H and O–H groups in total. The molecule has 94 valence electrons. The number of nitrogens with one attached hydrogen (secondary N) is 2. The Bertz CT molecular complexity index is 365. The van der Waals surface area contributed by atoms with Crippen LogP contribution >= 0.6 is 0 Å². The first-order valence-electron chi connectivity index (χ1n) is 6.34. The SMILES string of the molecule is COC(C)CNCc1ccc2c(c1)CNCC2. The van der Waals surface area contributed by atoms with Crippen molar-refractivity contribution in [3.05, 3.63) is 34.9 Å². The van der Waals surface area contributed by atoms with E-state index < -0.39 is 0 Å². The average Bonchev–Trinajstić information content (AvgIpc) is 2.38. The quantitative estimate of drug-likeness (QED) is 0.809. The van der Waals surface area contributed by atoms with Crippen molar-refractivity contribution < 1.29 is 4.74 Å². The average molecular weight is 234 g/mol. The number of hydrogen-bond acceptors (Lipinski definition) is 3. The second-order valence-corrected chi connectivity index (χ2v) is 4.71. The molecule has 0 radical (unpaired) electrons. The molecule has 0 saturated carbocycles. The molecule has 1 aromatic carbocycles. The van der Waals surface area contributed by atoms with Gasteiger partial charge in [0.15, 0.2) is 0 Å². The Morgan fingerprint density at radius 2 is 2.29 bits per heavy atom. The largest absolute Gasteiger partial charge is 0.380 e. The third-order valence-corrected chi connectivity index (χ3v) is 3.32. The minimum atomic E-state index is 0.272. The molecule has 0 aliphatic carbocycles. The van der Waals surface area contributed by atoms with Gasteiger partial charge in [-0.25, -0.2) is 0 Å². The van der Waals surface area contributed by atoms with Gasteiger partial charge in [0.25, 0.3) is 0 Å². The van der Waals surface area contributed by atoms with E-state index in [2.05, 4.69) is 35.8 Å². The summed E-state index contributed by atoms with van der Waals surface area (Å²) < 4.78 is 5.21. The first-order chi connectivity index (χ1) is 8.29. The predicted octanol–water partition coefficient (Wildman–Crippen LogP) is 1.46. The first-order valence-corrected chi connectivity index (χ1v) is 6.34. The van der Waals surface area contributed by atoms with Crippen LogP contribution in [-0.2, 0) is 24.2 Å². The van der Waals surface area contributed by atoms with Crippen LogP contribution in [0, 0.1) is 0 Å². The minimum Gasteiger partial charge on any atom is -0.380 e. The molecule has 1 aliphatic rings. The number of benzene rings is 1. The predicted molar refractivity (Wildman–Crippen MR) is 70.0 cm³/mol. The first kappa shape index (κ1) is 12.6. The molecule has 2 rings (SSSR count). The molecule has 3 nitrogen and oxygen atoms in total. The van der Waals surface area contributed by atoms with Crippen molar-refractivity contribution in [3.63, 3.8) is 0 Å². The van der Waals surface area contributed by atoms with Crippen molar-refractivity contribution >= 4 is 0 Å². The van der Waals surface area contributed by atoms with E-state index in [9.17, 15) is 0 Å². The number of methoxy groups -OCH3 is 1. The Hall–Kier alpha value is -0.900. The third kappa shape index (κ3) is 3.53. The highest BCUT2D eigenvalue weighted by Crippen LogP contribution is 2.15. The van der Waals surface area contributed by atoms with Gasteiger partial charge in [0.05, 0.1) is 6.10 Å². The molecule has 0 saturated heterocycles. The van der Waals surface area contributed by atoms with Crippen molar-refractivity contribution in [1.29, 1.82) is 0 Å². The lowest BCUT2D eigenvalue weighted by Gasteiger charge is -2.18. The molecule has 1 atom stereocenters. The topological polar surface area (TPSA) is 33.3 Å². The Balaban J connectivity index is 1.89. The van der Waals surface area contributed by atoms with Crippen molar-refractivity contribution in [2.24, 2.45) is 0 Å². The van der Waals surface area contributed by atoms with E-state index in [-0.39, 0.29) is 6.10 Å². The highest BCUT2D eigenvalue weighted by atomic mass is 16.5. The van der Waals surface area contributed by atoms with Crippen molar-refractivity contribution in [1.82, 2.24) is 10.6 Å². The van der Waals surface area contributed by atoms with Gasteiger partial charge in [-0.05, 0) is 36.6 Å². The lowest BCUT2D eigenvalue weighted by Crippen LogP contribution is -2.26. The molecule has 1 aromatic rings. The maximum Gasteiger partial charge on any atom is 0.0667 e. The summed E-state index contributed by atoms with van der Waals surface area (Å²) in [6.07, 6.45) is 1.43. The Kier molecular flexibility index (Phi) is 4.54. The summed E-state index contributed by atoms with van der Waals surface area (Å²) in [4.78, 5) is 0. The van der Waals surface area contributed by atoms with Crippen LogP contribution in [0.2, 0.25) is 0 Å². The van der Waals surface area contributed by atoms with Gasteiger partial charge in [-0.3, -0.25) is 0 Å². The monoisotopic (exact) mass is 234 g/mol. The van der Waals surface area contributed by atoms with Crippen molar-refractivity contribution in [2.75, 3.05) is 20.2 Å². The van der Waals surface area contributed by atoms with Crippen LogP contribution in [0.15, 0.2) is 18.2 Å². The highest BCUT2D eigenvalue weighted by Gasteiger charge is 2.08. The van der Waals surface area contributed by atoms with Gasteiger partial charge in [0.1, 0.15) is 0 Å². The summed E-state index contributed by atoms with van der Waals surface area (Å²) in [6.45, 7) is 6.00. The fourth-order valence-electron chi connectivity index (χ4n) is 2.15. The molecule has 17 heavy (non-hydrogen) atoms. The Morgan fingerprint density at radius 3 is 3.12 bits per heavy atom. The smallest absolute Gasteiger partial charge is 0.0667 e. The van der Waals surface area contributed by atoms with Crippen LogP contribution in [0.3, 0.4) is 0 Å². The number of hydrogen-bond donors (Lipinski definition) is 2. The third-order valence-electron chi connectivity index (χ3n) is 3.32. The molecule has 0 spiro atoms. The van der Waals surface area contributed by atoms with E-state index in [0.717, 1.165) is 32.6 Å². The van der Waals surface area contributed by atoms with Crippen molar-refractivity contribution in [2.45, 2.75) is 32.5 Å². The Morgan fingerprint density at radius 1 is 1.41 bits per heavy atom. The zero-order valence-electron chi connectivity index (χ0n) is 10.8. The summed E-state index contributed by atoms with van der Waals surface area (Å²) in [7, 11) is 1.75. The van der Waals surface area contributed by atoms with Gasteiger partial charge in [0.2, 0.25) is 0 Å². The van der Waals surface area contributed by atoms with Gasteiger partial charge < -0.3 is 15.4 Å². The summed E-state index contributed by atoms with van der Waals surface area (Å²) in [5, 5.41) is 6.82. The van der Waals surface area contributed by atoms with Gasteiger partial charge in [0, 0.05) is 26.7 Å². The maximum absolute atomic E-state index is 5.21. The zero-order chi connectivity index (χ0) is 12.1. The fourth-order valence-corrected chi connectivity index (χ4v) is 2.15. The lowest BCUT2D eigenvalue weighted by atomic mass is 9.98. The van der Waals surface area contributed by atoms with Gasteiger partial charge in [-0.15, -0.1) is 0 Å². The van der Waals surface area contributed by atoms with Gasteiger partial charge in [-0.2, -0.15) is 0 Å². The summed E-state index contributed by atoms with van der Waals surface area (Å²) >= 11 is 0. The number of ether oxygens (including phenoxy) is 1. The molecule has 0 aromatic heterocycles. The zero-order valence-corrected chi connectivity index (χ0v) is 10.8. The van der Waals surface area contributed by atoms with E-state index >= 15 is 0 Å². The highest BCUT2D eigenvalue weighted by molar-refractivity contribution is 5.33. The number of fused-ring (bicyclic) bond motifs is 1. The van der Waals surface area contributed by atoms with E-state index in [1.54, 1.807) is 7.11 Å². The van der Waals surface area contributed by atoms with Crippen LogP contribution in [0.25, 0.3) is 0 Å². The molecule has 0 amide bonds. The summed E-state index contributed by atoms with van der Waals surface area (Å²) in [5.41, 5.74) is 4.31. The standard InChI is InChI=1S/C14H22N2O/c1-11(17-2)8-16-9-12-3-4-13-5-6-15-10-14(13)7-12/h3-4,7,11,15-16H,5-6,8-10H2,1-2H3. The van der Waals surface area contributed by atoms with E-state index in [1.165, 1.54) is 16.7 Å². The molecule has 1 unspecified atom stereocenters. The fraction of sp³-hybridized carbons (Fsp3) is 0.571. The summed E-state index contributed by atoms with van der Waals surface area (Å²) in [6, 6.07) is 6.81. The maximum atomic E-state index is 5.21. The van der Waals surface area contributed by atoms with Crippen LogP contribution in [0.4, 0.5) is 0 Å². The van der Waals surface area contributed by atoms with E-state index in [0.29, 0.717) is 0 Å². The van der Waals surface area contributed by atoms with Gasteiger partial charge >= 0.3 is 0 Å². The molecule has 3 heteroatoms. The van der Waals surface area contributed by atoms with E-state index in [4.69, 9.17) is 4.74 Å². The molecule has 1 heterocycles. The number of rotatable bonds is 5. The Labute approximate surface area is 104 Å². The molecule has 0 fully saturated rings.